The summed E-state index contributed by atoms with van der Waals surface area (Å²) in [5.74, 6) is -1.46. The third kappa shape index (κ3) is 4.35. The van der Waals surface area contributed by atoms with E-state index in [4.69, 9.17) is 4.84 Å². The molecule has 0 aliphatic carbocycles. The Bertz CT molecular complexity index is 1150. The van der Waals surface area contributed by atoms with Crippen LogP contribution < -0.4 is 0 Å². The maximum absolute atomic E-state index is 14.1. The minimum atomic E-state index is -0.899. The van der Waals surface area contributed by atoms with Crippen molar-refractivity contribution in [2.75, 3.05) is 6.54 Å². The molecule has 1 aliphatic rings. The van der Waals surface area contributed by atoms with E-state index in [9.17, 15) is 14.0 Å². The van der Waals surface area contributed by atoms with Crippen LogP contribution in [0.4, 0.5) is 4.39 Å². The average Bonchev–Trinajstić information content (AvgIpc) is 2.78. The summed E-state index contributed by atoms with van der Waals surface area (Å²) in [6.07, 6.45) is 0.966. The molecule has 2 heterocycles. The molecule has 0 radical (unpaired) electrons. The monoisotopic (exact) mass is 417 g/mol. The van der Waals surface area contributed by atoms with Crippen LogP contribution >= 0.6 is 0 Å². The number of ketones is 1. The van der Waals surface area contributed by atoms with Gasteiger partial charge >= 0.3 is 0 Å². The van der Waals surface area contributed by atoms with Gasteiger partial charge in [0.05, 0.1) is 12.1 Å². The molecular formula is C24H20FN3O3. The molecular weight excluding hydrogens is 397 g/mol. The molecule has 6 nitrogen and oxygen atoms in total. The number of pyridine rings is 1. The smallest absolute Gasteiger partial charge is 0.272 e. The topological polar surface area (TPSA) is 71.9 Å². The quantitative estimate of drug-likeness (QED) is 0.575. The lowest BCUT2D eigenvalue weighted by atomic mass is 10.0. The summed E-state index contributed by atoms with van der Waals surface area (Å²) in [6.45, 7) is 1.45. The van der Waals surface area contributed by atoms with E-state index in [-0.39, 0.29) is 17.9 Å². The van der Waals surface area contributed by atoms with Crippen LogP contribution in [0.1, 0.15) is 27.2 Å². The van der Waals surface area contributed by atoms with Crippen molar-refractivity contribution in [3.8, 4) is 0 Å². The van der Waals surface area contributed by atoms with Crippen molar-refractivity contribution in [2.45, 2.75) is 19.4 Å². The second-order valence-electron chi connectivity index (χ2n) is 7.19. The van der Waals surface area contributed by atoms with Crippen molar-refractivity contribution < 1.29 is 18.8 Å². The van der Waals surface area contributed by atoms with E-state index in [1.165, 1.54) is 23.1 Å². The Labute approximate surface area is 179 Å². The summed E-state index contributed by atoms with van der Waals surface area (Å²) >= 11 is 0. The number of carbonyl (C=O) groups excluding carboxylic acids is 2. The summed E-state index contributed by atoms with van der Waals surface area (Å²) in [4.78, 5) is 37.2. The molecule has 1 amide bonds. The molecule has 7 heteroatoms. The molecule has 31 heavy (non-hydrogen) atoms. The molecule has 0 saturated carbocycles. The molecule has 1 unspecified atom stereocenters. The van der Waals surface area contributed by atoms with Gasteiger partial charge in [0.15, 0.2) is 5.78 Å². The lowest BCUT2D eigenvalue weighted by Crippen LogP contribution is -2.51. The number of rotatable bonds is 6. The van der Waals surface area contributed by atoms with Crippen LogP contribution in [0.2, 0.25) is 0 Å². The van der Waals surface area contributed by atoms with Crippen LogP contribution in [0.25, 0.3) is 0 Å². The van der Waals surface area contributed by atoms with Gasteiger partial charge in [0.2, 0.25) is 11.9 Å². The van der Waals surface area contributed by atoms with Gasteiger partial charge in [0, 0.05) is 12.6 Å². The number of aromatic nitrogens is 1. The molecule has 0 N–H and O–H groups in total. The number of benzene rings is 2. The van der Waals surface area contributed by atoms with Gasteiger partial charge in [-0.05, 0) is 36.2 Å². The van der Waals surface area contributed by atoms with Crippen molar-refractivity contribution in [1.82, 2.24) is 9.88 Å². The molecule has 0 bridgehead atoms. The zero-order valence-corrected chi connectivity index (χ0v) is 16.9. The summed E-state index contributed by atoms with van der Waals surface area (Å²) in [5.41, 5.74) is 2.00. The fourth-order valence-electron chi connectivity index (χ4n) is 3.40. The van der Waals surface area contributed by atoms with E-state index < -0.39 is 23.6 Å². The molecule has 0 saturated heterocycles. The summed E-state index contributed by atoms with van der Waals surface area (Å²) in [6, 6.07) is 18.7. The predicted octanol–water partition coefficient (Wildman–Crippen LogP) is 3.54. The Morgan fingerprint density at radius 1 is 1.06 bits per heavy atom. The Kier molecular flexibility index (Phi) is 5.84. The molecule has 156 valence electrons. The number of amides is 1. The fraction of sp³-hybridized carbons (Fsp3) is 0.167. The molecule has 0 spiro atoms. The van der Waals surface area contributed by atoms with Crippen molar-refractivity contribution in [2.24, 2.45) is 5.16 Å². The number of oxime groups is 1. The normalized spacial score (nSPS) is 15.9. The van der Waals surface area contributed by atoms with Gasteiger partial charge in [-0.15, -0.1) is 0 Å². The van der Waals surface area contributed by atoms with Gasteiger partial charge < -0.3 is 4.84 Å². The number of nitrogens with zero attached hydrogens (tertiary/aromatic N) is 3. The van der Waals surface area contributed by atoms with E-state index in [1.54, 1.807) is 18.3 Å². The zero-order chi connectivity index (χ0) is 21.8. The standard InChI is InChI=1S/C24H20FN3O3/c1-16-8-7-13-26-22(16)23-27-31-21(14-17-9-3-2-4-10-17)24(30)28(23)15-20(29)18-11-5-6-12-19(18)25/h2-13,21H,14-15H2,1H3. The Morgan fingerprint density at radius 2 is 1.81 bits per heavy atom. The van der Waals surface area contributed by atoms with Crippen LogP contribution in [0, 0.1) is 12.7 Å². The second kappa shape index (κ2) is 8.87. The van der Waals surface area contributed by atoms with Crippen LogP contribution in [0.15, 0.2) is 78.1 Å². The molecule has 1 atom stereocenters. The van der Waals surface area contributed by atoms with E-state index in [0.717, 1.165) is 11.1 Å². The third-order valence-corrected chi connectivity index (χ3v) is 5.02. The van der Waals surface area contributed by atoms with Crippen LogP contribution in [0.3, 0.4) is 0 Å². The number of Topliss-reactive ketones (excluding diaryl/α,β-unsaturated/α-hetero) is 1. The number of hydrogen-bond acceptors (Lipinski definition) is 5. The summed E-state index contributed by atoms with van der Waals surface area (Å²) < 4.78 is 14.1. The molecule has 0 fully saturated rings. The first-order chi connectivity index (χ1) is 15.0. The van der Waals surface area contributed by atoms with E-state index in [2.05, 4.69) is 10.1 Å². The fourth-order valence-corrected chi connectivity index (χ4v) is 3.40. The number of aryl methyl sites for hydroxylation is 1. The average molecular weight is 417 g/mol. The van der Waals surface area contributed by atoms with Crippen LogP contribution in [-0.2, 0) is 16.1 Å². The lowest BCUT2D eigenvalue weighted by Gasteiger charge is -2.31. The molecule has 2 aromatic carbocycles. The third-order valence-electron chi connectivity index (χ3n) is 5.02. The highest BCUT2D eigenvalue weighted by molar-refractivity contribution is 6.12. The van der Waals surface area contributed by atoms with Crippen LogP contribution in [-0.4, -0.2) is 40.1 Å². The second-order valence-corrected chi connectivity index (χ2v) is 7.19. The van der Waals surface area contributed by atoms with Crippen molar-refractivity contribution in [3.05, 3.63) is 101 Å². The summed E-state index contributed by atoms with van der Waals surface area (Å²) in [5, 5.41) is 4.15. The van der Waals surface area contributed by atoms with Crippen molar-refractivity contribution >= 4 is 17.5 Å². The highest BCUT2D eigenvalue weighted by Crippen LogP contribution is 2.20. The van der Waals surface area contributed by atoms with Crippen LogP contribution in [0.5, 0.6) is 0 Å². The predicted molar refractivity (Wildman–Crippen MR) is 113 cm³/mol. The van der Waals surface area contributed by atoms with Gasteiger partial charge in [-0.3, -0.25) is 19.5 Å². The number of halogens is 1. The molecule has 4 rings (SSSR count). The van der Waals surface area contributed by atoms with Crippen molar-refractivity contribution in [3.63, 3.8) is 0 Å². The van der Waals surface area contributed by atoms with Crippen molar-refractivity contribution in [1.29, 1.82) is 0 Å². The number of hydrogen-bond donors (Lipinski definition) is 0. The lowest BCUT2D eigenvalue weighted by molar-refractivity contribution is -0.142. The number of amidine groups is 1. The maximum Gasteiger partial charge on any atom is 0.272 e. The molecule has 1 aromatic heterocycles. The zero-order valence-electron chi connectivity index (χ0n) is 16.9. The minimum absolute atomic E-state index is 0.0847. The van der Waals surface area contributed by atoms with E-state index >= 15 is 0 Å². The first-order valence-electron chi connectivity index (χ1n) is 9.83. The van der Waals surface area contributed by atoms with Gasteiger partial charge in [-0.2, -0.15) is 0 Å². The molecule has 1 aliphatic heterocycles. The molecule has 3 aromatic rings. The van der Waals surface area contributed by atoms with E-state index in [1.807, 2.05) is 43.3 Å². The van der Waals surface area contributed by atoms with Gasteiger partial charge in [0.1, 0.15) is 11.5 Å². The SMILES string of the molecule is Cc1cccnc1C1=NOC(Cc2ccccc2)C(=O)N1CC(=O)c1ccccc1F. The van der Waals surface area contributed by atoms with Gasteiger partial charge in [-0.1, -0.05) is 53.7 Å². The highest BCUT2D eigenvalue weighted by Gasteiger charge is 2.37. The van der Waals surface area contributed by atoms with Gasteiger partial charge in [-0.25, -0.2) is 4.39 Å². The Hall–Kier alpha value is -3.87. The first kappa shape index (κ1) is 20.4. The highest BCUT2D eigenvalue weighted by atomic mass is 19.1. The van der Waals surface area contributed by atoms with Gasteiger partial charge in [0.25, 0.3) is 5.91 Å². The largest absolute Gasteiger partial charge is 0.380 e. The maximum atomic E-state index is 14.1. The summed E-state index contributed by atoms with van der Waals surface area (Å²) in [7, 11) is 0. The Morgan fingerprint density at radius 3 is 2.55 bits per heavy atom. The minimum Gasteiger partial charge on any atom is -0.380 e. The first-order valence-corrected chi connectivity index (χ1v) is 9.83. The van der Waals surface area contributed by atoms with E-state index in [0.29, 0.717) is 12.1 Å². The number of carbonyl (C=O) groups is 2. The Balaban J connectivity index is 1.67.